The average molecular weight is 345 g/mol. The summed E-state index contributed by atoms with van der Waals surface area (Å²) in [6.45, 7) is 11.8. The minimum Gasteiger partial charge on any atom is -0.314 e. The highest BCUT2D eigenvalue weighted by atomic mass is 15.3. The molecule has 2 aromatic rings. The second kappa shape index (κ2) is 8.60. The van der Waals surface area contributed by atoms with Crippen LogP contribution >= 0.6 is 0 Å². The zero-order chi connectivity index (χ0) is 17.6. The van der Waals surface area contributed by atoms with Crippen LogP contribution in [0.4, 0.5) is 0 Å². The molecule has 4 atom stereocenters. The topological polar surface area (TPSA) is 62.9 Å². The Morgan fingerprint density at radius 2 is 1.68 bits per heavy atom. The quantitative estimate of drug-likeness (QED) is 0.851. The summed E-state index contributed by atoms with van der Waals surface area (Å²) in [5, 5.41) is 16.4. The Bertz CT molecular complexity index is 595. The highest BCUT2D eigenvalue weighted by molar-refractivity contribution is 4.93. The van der Waals surface area contributed by atoms with Crippen molar-refractivity contribution in [3.63, 3.8) is 0 Å². The lowest BCUT2D eigenvalue weighted by Crippen LogP contribution is -2.52. The van der Waals surface area contributed by atoms with Crippen molar-refractivity contribution < 1.29 is 0 Å². The van der Waals surface area contributed by atoms with Gasteiger partial charge in [0.15, 0.2) is 0 Å². The first-order valence-corrected chi connectivity index (χ1v) is 9.36. The molecule has 0 aliphatic carbocycles. The van der Waals surface area contributed by atoms with Crippen LogP contribution in [0.3, 0.4) is 0 Å². The molecule has 2 aromatic heterocycles. The first-order valence-electron chi connectivity index (χ1n) is 9.36. The van der Waals surface area contributed by atoms with Gasteiger partial charge in [0.1, 0.15) is 0 Å². The molecule has 25 heavy (non-hydrogen) atoms. The third-order valence-electron chi connectivity index (χ3n) is 5.35. The highest BCUT2D eigenvalue weighted by Crippen LogP contribution is 2.17. The maximum atomic E-state index is 4.46. The molecule has 138 valence electrons. The van der Waals surface area contributed by atoms with Crippen LogP contribution in [0.15, 0.2) is 36.9 Å². The second-order valence-corrected chi connectivity index (χ2v) is 6.93. The summed E-state index contributed by atoms with van der Waals surface area (Å²) in [5.74, 6) is 0. The number of rotatable bonds is 5. The van der Waals surface area contributed by atoms with Crippen molar-refractivity contribution in [3.05, 3.63) is 36.9 Å². The molecule has 0 bridgehead atoms. The van der Waals surface area contributed by atoms with E-state index in [1.807, 2.05) is 35.4 Å². The van der Waals surface area contributed by atoms with Gasteiger partial charge < -0.3 is 15.5 Å². The Balaban J connectivity index is 1.80. The van der Waals surface area contributed by atoms with Gasteiger partial charge in [0.2, 0.25) is 0 Å². The van der Waals surface area contributed by atoms with Crippen LogP contribution in [0.2, 0.25) is 0 Å². The van der Waals surface area contributed by atoms with Crippen molar-refractivity contribution >= 4 is 0 Å². The monoisotopic (exact) mass is 345 g/mol. The van der Waals surface area contributed by atoms with E-state index in [0.29, 0.717) is 12.1 Å². The molecule has 3 rings (SSSR count). The lowest BCUT2D eigenvalue weighted by molar-refractivity contribution is 0.205. The van der Waals surface area contributed by atoms with Gasteiger partial charge in [-0.15, -0.1) is 0 Å². The highest BCUT2D eigenvalue weighted by Gasteiger charge is 2.28. The molecule has 0 amide bonds. The van der Waals surface area contributed by atoms with Crippen molar-refractivity contribution in [1.82, 2.24) is 35.1 Å². The van der Waals surface area contributed by atoms with Crippen LogP contribution in [0.5, 0.6) is 0 Å². The molecule has 4 unspecified atom stereocenters. The minimum atomic E-state index is 0.281. The summed E-state index contributed by atoms with van der Waals surface area (Å²) in [5.41, 5.74) is 0. The minimum absolute atomic E-state index is 0.281. The average Bonchev–Trinajstić information content (AvgIpc) is 3.34. The molecule has 0 spiro atoms. The van der Waals surface area contributed by atoms with E-state index < -0.39 is 0 Å². The van der Waals surface area contributed by atoms with E-state index in [9.17, 15) is 0 Å². The summed E-state index contributed by atoms with van der Waals surface area (Å²) in [4.78, 5) is 2.51. The van der Waals surface area contributed by atoms with E-state index in [1.165, 1.54) is 0 Å². The molecule has 3 heterocycles. The van der Waals surface area contributed by atoms with Crippen molar-refractivity contribution in [2.24, 2.45) is 0 Å². The Hall–Kier alpha value is -1.70. The first-order chi connectivity index (χ1) is 12.2. The normalized spacial score (nSPS) is 25.7. The van der Waals surface area contributed by atoms with Gasteiger partial charge in [-0.3, -0.25) is 9.36 Å². The molecule has 2 N–H and O–H groups in total. The van der Waals surface area contributed by atoms with E-state index in [2.05, 4.69) is 57.4 Å². The van der Waals surface area contributed by atoms with Crippen molar-refractivity contribution in [2.45, 2.75) is 44.9 Å². The van der Waals surface area contributed by atoms with Gasteiger partial charge in [-0.05, 0) is 32.5 Å². The van der Waals surface area contributed by atoms with Gasteiger partial charge in [-0.1, -0.05) is 6.92 Å². The predicted molar refractivity (Wildman–Crippen MR) is 99.6 cm³/mol. The van der Waals surface area contributed by atoms with Crippen LogP contribution in [0, 0.1) is 0 Å². The summed E-state index contributed by atoms with van der Waals surface area (Å²) < 4.78 is 4.11. The zero-order valence-corrected chi connectivity index (χ0v) is 15.5. The molecule has 1 aliphatic heterocycles. The maximum Gasteiger partial charge on any atom is 0.0656 e. The molecular formula is C18H31N7. The summed E-state index contributed by atoms with van der Waals surface area (Å²) in [6.07, 6.45) is 7.80. The third-order valence-corrected chi connectivity index (χ3v) is 5.35. The van der Waals surface area contributed by atoms with Gasteiger partial charge in [-0.2, -0.15) is 10.2 Å². The molecule has 0 aromatic carbocycles. The van der Waals surface area contributed by atoms with Gasteiger partial charge >= 0.3 is 0 Å². The van der Waals surface area contributed by atoms with E-state index in [1.54, 1.807) is 0 Å². The van der Waals surface area contributed by atoms with Gasteiger partial charge in [0.25, 0.3) is 0 Å². The van der Waals surface area contributed by atoms with Crippen LogP contribution < -0.4 is 10.6 Å². The molecule has 7 nitrogen and oxygen atoms in total. The predicted octanol–water partition coefficient (Wildman–Crippen LogP) is 1.15. The SMILES string of the molecule is CCN1CCNCC(C(C)n2cccn2)NC(C(C)n2cccn2)C1. The molecule has 1 saturated heterocycles. The van der Waals surface area contributed by atoms with Gasteiger partial charge in [0.05, 0.1) is 12.1 Å². The molecule has 0 radical (unpaired) electrons. The maximum absolute atomic E-state index is 4.46. The largest absolute Gasteiger partial charge is 0.314 e. The van der Waals surface area contributed by atoms with Gasteiger partial charge in [0, 0.05) is 63.1 Å². The van der Waals surface area contributed by atoms with E-state index in [4.69, 9.17) is 0 Å². The molecule has 7 heteroatoms. The van der Waals surface area contributed by atoms with E-state index in [0.717, 1.165) is 32.7 Å². The first kappa shape index (κ1) is 18.1. The Labute approximate surface area is 150 Å². The summed E-state index contributed by atoms with van der Waals surface area (Å²) >= 11 is 0. The molecular weight excluding hydrogens is 314 g/mol. The lowest BCUT2D eigenvalue weighted by Gasteiger charge is -2.34. The molecule has 0 saturated carbocycles. The number of hydrogen-bond acceptors (Lipinski definition) is 5. The Morgan fingerprint density at radius 3 is 2.24 bits per heavy atom. The summed E-state index contributed by atoms with van der Waals surface area (Å²) in [7, 11) is 0. The van der Waals surface area contributed by atoms with Crippen LogP contribution in [-0.4, -0.2) is 69.3 Å². The second-order valence-electron chi connectivity index (χ2n) is 6.93. The van der Waals surface area contributed by atoms with Crippen molar-refractivity contribution in [2.75, 3.05) is 32.7 Å². The Morgan fingerprint density at radius 1 is 1.04 bits per heavy atom. The number of aromatic nitrogens is 4. The molecule has 1 fully saturated rings. The number of hydrogen-bond donors (Lipinski definition) is 2. The smallest absolute Gasteiger partial charge is 0.0656 e. The fourth-order valence-corrected chi connectivity index (χ4v) is 3.55. The van der Waals surface area contributed by atoms with Crippen molar-refractivity contribution in [1.29, 1.82) is 0 Å². The summed E-state index contributed by atoms with van der Waals surface area (Å²) in [6, 6.07) is 5.18. The fraction of sp³-hybridized carbons (Fsp3) is 0.667. The molecule has 1 aliphatic rings. The number of likely N-dealkylation sites (N-methyl/N-ethyl adjacent to an activating group) is 1. The van der Waals surface area contributed by atoms with E-state index >= 15 is 0 Å². The Kier molecular flexibility index (Phi) is 6.23. The third kappa shape index (κ3) is 4.48. The van der Waals surface area contributed by atoms with E-state index in [-0.39, 0.29) is 12.1 Å². The fourth-order valence-electron chi connectivity index (χ4n) is 3.55. The number of nitrogens with one attached hydrogen (secondary N) is 2. The van der Waals surface area contributed by atoms with Crippen molar-refractivity contribution in [3.8, 4) is 0 Å². The van der Waals surface area contributed by atoms with Crippen LogP contribution in [-0.2, 0) is 0 Å². The van der Waals surface area contributed by atoms with Crippen LogP contribution in [0.25, 0.3) is 0 Å². The van der Waals surface area contributed by atoms with Crippen LogP contribution in [0.1, 0.15) is 32.9 Å². The number of nitrogens with zero attached hydrogens (tertiary/aromatic N) is 5. The standard InChI is InChI=1S/C18H31N7/c1-4-23-12-9-19-13-17(15(2)24-10-5-7-20-24)22-18(14-23)16(3)25-11-6-8-21-25/h5-8,10-11,15-19,22H,4,9,12-14H2,1-3H3. The zero-order valence-electron chi connectivity index (χ0n) is 15.5. The lowest BCUT2D eigenvalue weighted by atomic mass is 10.0. The van der Waals surface area contributed by atoms with Gasteiger partial charge in [-0.25, -0.2) is 0 Å².